The number of urea groups is 1. The topological polar surface area (TPSA) is 78.9 Å². The first-order chi connectivity index (χ1) is 9.56. The van der Waals surface area contributed by atoms with Crippen molar-refractivity contribution < 1.29 is 19.4 Å². The number of nitrogens with zero attached hydrogens (tertiary/aromatic N) is 1. The van der Waals surface area contributed by atoms with Crippen molar-refractivity contribution in [2.24, 2.45) is 5.92 Å². The average Bonchev–Trinajstić information content (AvgIpc) is 2.42. The zero-order valence-corrected chi connectivity index (χ0v) is 12.4. The quantitative estimate of drug-likeness (QED) is 0.698. The van der Waals surface area contributed by atoms with Crippen molar-refractivity contribution in [1.29, 1.82) is 0 Å². The van der Waals surface area contributed by atoms with Gasteiger partial charge in [0, 0.05) is 26.3 Å². The molecule has 2 unspecified atom stereocenters. The number of carbonyl (C=O) groups is 2. The Morgan fingerprint density at radius 3 is 2.80 bits per heavy atom. The Kier molecular flexibility index (Phi) is 7.36. The SMILES string of the molecule is CCCOCCCNC(=O)N1CCC(C)CC1C(=O)O. The minimum atomic E-state index is -0.919. The van der Waals surface area contributed by atoms with Gasteiger partial charge in [-0.25, -0.2) is 9.59 Å². The molecule has 1 heterocycles. The molecule has 0 aromatic carbocycles. The number of carboxylic acids is 1. The van der Waals surface area contributed by atoms with E-state index in [2.05, 4.69) is 5.32 Å². The first-order valence-corrected chi connectivity index (χ1v) is 7.41. The van der Waals surface area contributed by atoms with Crippen LogP contribution in [0.15, 0.2) is 0 Å². The van der Waals surface area contributed by atoms with Crippen molar-refractivity contribution in [3.63, 3.8) is 0 Å². The van der Waals surface area contributed by atoms with E-state index in [1.165, 1.54) is 4.90 Å². The molecule has 1 saturated heterocycles. The van der Waals surface area contributed by atoms with Gasteiger partial charge < -0.3 is 20.1 Å². The lowest BCUT2D eigenvalue weighted by Gasteiger charge is -2.35. The van der Waals surface area contributed by atoms with Gasteiger partial charge in [0.05, 0.1) is 0 Å². The van der Waals surface area contributed by atoms with Crippen LogP contribution in [-0.4, -0.2) is 54.4 Å². The molecule has 116 valence electrons. The highest BCUT2D eigenvalue weighted by Crippen LogP contribution is 2.22. The number of rotatable bonds is 7. The Hall–Kier alpha value is -1.30. The van der Waals surface area contributed by atoms with Crippen LogP contribution in [0.3, 0.4) is 0 Å². The molecule has 20 heavy (non-hydrogen) atoms. The number of carbonyl (C=O) groups excluding carboxylic acids is 1. The van der Waals surface area contributed by atoms with E-state index in [0.29, 0.717) is 32.0 Å². The van der Waals surface area contributed by atoms with Crippen molar-refractivity contribution in [2.75, 3.05) is 26.3 Å². The van der Waals surface area contributed by atoms with Crippen LogP contribution in [0.2, 0.25) is 0 Å². The number of amides is 2. The third kappa shape index (κ3) is 5.36. The van der Waals surface area contributed by atoms with E-state index in [1.54, 1.807) is 0 Å². The maximum Gasteiger partial charge on any atom is 0.326 e. The van der Waals surface area contributed by atoms with Gasteiger partial charge in [-0.2, -0.15) is 0 Å². The van der Waals surface area contributed by atoms with E-state index in [4.69, 9.17) is 4.74 Å². The van der Waals surface area contributed by atoms with Gasteiger partial charge >= 0.3 is 12.0 Å². The summed E-state index contributed by atoms with van der Waals surface area (Å²) in [5, 5.41) is 12.0. The lowest BCUT2D eigenvalue weighted by molar-refractivity contribution is -0.143. The Balaban J connectivity index is 2.31. The van der Waals surface area contributed by atoms with Gasteiger partial charge in [0.15, 0.2) is 0 Å². The smallest absolute Gasteiger partial charge is 0.326 e. The van der Waals surface area contributed by atoms with Gasteiger partial charge in [-0.05, 0) is 31.6 Å². The summed E-state index contributed by atoms with van der Waals surface area (Å²) in [6.45, 7) is 6.45. The molecule has 0 saturated carbocycles. The van der Waals surface area contributed by atoms with Crippen molar-refractivity contribution in [2.45, 2.75) is 45.6 Å². The summed E-state index contributed by atoms with van der Waals surface area (Å²) in [4.78, 5) is 24.7. The van der Waals surface area contributed by atoms with E-state index in [9.17, 15) is 14.7 Å². The second kappa shape index (κ2) is 8.79. The van der Waals surface area contributed by atoms with Crippen LogP contribution >= 0.6 is 0 Å². The van der Waals surface area contributed by atoms with Gasteiger partial charge in [0.2, 0.25) is 0 Å². The third-order valence-corrected chi connectivity index (χ3v) is 3.50. The molecule has 0 bridgehead atoms. The second-order valence-electron chi connectivity index (χ2n) is 5.37. The standard InChI is InChI=1S/C14H26N2O4/c1-3-8-20-9-4-6-15-14(19)16-7-5-11(2)10-12(16)13(17)18/h11-12H,3-10H2,1-2H3,(H,15,19)(H,17,18). The molecular formula is C14H26N2O4. The van der Waals surface area contributed by atoms with Gasteiger partial charge in [0.25, 0.3) is 0 Å². The largest absolute Gasteiger partial charge is 0.480 e. The van der Waals surface area contributed by atoms with E-state index >= 15 is 0 Å². The van der Waals surface area contributed by atoms with Gasteiger partial charge in [-0.15, -0.1) is 0 Å². The molecule has 1 rings (SSSR count). The van der Waals surface area contributed by atoms with Crippen molar-refractivity contribution in [3.8, 4) is 0 Å². The highest BCUT2D eigenvalue weighted by molar-refractivity contribution is 5.82. The maximum absolute atomic E-state index is 12.0. The molecule has 0 spiro atoms. The molecule has 1 aliphatic heterocycles. The van der Waals surface area contributed by atoms with E-state index in [1.807, 2.05) is 13.8 Å². The minimum absolute atomic E-state index is 0.278. The summed E-state index contributed by atoms with van der Waals surface area (Å²) in [5.74, 6) is -0.569. The number of aliphatic carboxylic acids is 1. The molecular weight excluding hydrogens is 260 g/mol. The molecule has 2 amide bonds. The molecule has 2 atom stereocenters. The molecule has 1 fully saturated rings. The Morgan fingerprint density at radius 2 is 2.15 bits per heavy atom. The second-order valence-corrected chi connectivity index (χ2v) is 5.37. The van der Waals surface area contributed by atoms with Crippen LogP contribution in [0.1, 0.15) is 39.5 Å². The molecule has 0 aromatic rings. The van der Waals surface area contributed by atoms with Crippen LogP contribution in [0, 0.1) is 5.92 Å². The number of hydrogen-bond acceptors (Lipinski definition) is 3. The average molecular weight is 286 g/mol. The predicted molar refractivity (Wildman–Crippen MR) is 75.7 cm³/mol. The molecule has 0 aromatic heterocycles. The number of piperidine rings is 1. The number of ether oxygens (including phenoxy) is 1. The highest BCUT2D eigenvalue weighted by atomic mass is 16.5. The fraction of sp³-hybridized carbons (Fsp3) is 0.857. The monoisotopic (exact) mass is 286 g/mol. The summed E-state index contributed by atoms with van der Waals surface area (Å²) in [5.41, 5.74) is 0. The predicted octanol–water partition coefficient (Wildman–Crippen LogP) is 1.70. The van der Waals surface area contributed by atoms with Crippen LogP contribution in [-0.2, 0) is 9.53 Å². The van der Waals surface area contributed by atoms with Gasteiger partial charge in [0.1, 0.15) is 6.04 Å². The van der Waals surface area contributed by atoms with Crippen LogP contribution < -0.4 is 5.32 Å². The Bertz CT molecular complexity index is 322. The maximum atomic E-state index is 12.0. The summed E-state index contributed by atoms with van der Waals surface area (Å²) in [6, 6.07) is -0.977. The van der Waals surface area contributed by atoms with Gasteiger partial charge in [-0.1, -0.05) is 13.8 Å². The summed E-state index contributed by atoms with van der Waals surface area (Å²) < 4.78 is 5.32. The first-order valence-electron chi connectivity index (χ1n) is 7.41. The molecule has 0 aliphatic carbocycles. The zero-order valence-electron chi connectivity index (χ0n) is 12.4. The molecule has 6 nitrogen and oxygen atoms in total. The zero-order chi connectivity index (χ0) is 15.0. The summed E-state index contributed by atoms with van der Waals surface area (Å²) in [6.07, 6.45) is 3.12. The molecule has 6 heteroatoms. The summed E-state index contributed by atoms with van der Waals surface area (Å²) >= 11 is 0. The first kappa shape index (κ1) is 16.8. The third-order valence-electron chi connectivity index (χ3n) is 3.50. The normalized spacial score (nSPS) is 22.6. The Labute approximate surface area is 120 Å². The fourth-order valence-electron chi connectivity index (χ4n) is 2.34. The minimum Gasteiger partial charge on any atom is -0.480 e. The van der Waals surface area contributed by atoms with Crippen molar-refractivity contribution >= 4 is 12.0 Å². The highest BCUT2D eigenvalue weighted by Gasteiger charge is 2.34. The molecule has 1 aliphatic rings. The van der Waals surface area contributed by atoms with Crippen LogP contribution in [0.25, 0.3) is 0 Å². The van der Waals surface area contributed by atoms with E-state index < -0.39 is 12.0 Å². The van der Waals surface area contributed by atoms with Crippen LogP contribution in [0.4, 0.5) is 4.79 Å². The number of nitrogens with one attached hydrogen (secondary N) is 1. The number of hydrogen-bond donors (Lipinski definition) is 2. The van der Waals surface area contributed by atoms with Crippen LogP contribution in [0.5, 0.6) is 0 Å². The number of likely N-dealkylation sites (tertiary alicyclic amines) is 1. The number of carboxylic acid groups (broad SMARTS) is 1. The van der Waals surface area contributed by atoms with Crippen molar-refractivity contribution in [1.82, 2.24) is 10.2 Å². The lowest BCUT2D eigenvalue weighted by Crippen LogP contribution is -2.53. The lowest BCUT2D eigenvalue weighted by atomic mass is 9.93. The van der Waals surface area contributed by atoms with E-state index in [0.717, 1.165) is 25.9 Å². The molecule has 0 radical (unpaired) electrons. The van der Waals surface area contributed by atoms with Gasteiger partial charge in [-0.3, -0.25) is 0 Å². The Morgan fingerprint density at radius 1 is 1.40 bits per heavy atom. The van der Waals surface area contributed by atoms with E-state index in [-0.39, 0.29) is 6.03 Å². The van der Waals surface area contributed by atoms with Crippen molar-refractivity contribution in [3.05, 3.63) is 0 Å². The molecule has 2 N–H and O–H groups in total. The fourth-order valence-corrected chi connectivity index (χ4v) is 2.34. The summed E-state index contributed by atoms with van der Waals surface area (Å²) in [7, 11) is 0.